The van der Waals surface area contributed by atoms with Gasteiger partial charge >= 0.3 is 0 Å². The zero-order valence-corrected chi connectivity index (χ0v) is 17.6. The average Bonchev–Trinajstić information content (AvgIpc) is 3.11. The van der Waals surface area contributed by atoms with E-state index in [1.165, 1.54) is 40.6 Å². The highest BCUT2D eigenvalue weighted by Crippen LogP contribution is 2.37. The van der Waals surface area contributed by atoms with Gasteiger partial charge in [-0.05, 0) is 79.7 Å². The van der Waals surface area contributed by atoms with E-state index in [4.69, 9.17) is 9.47 Å². The third kappa shape index (κ3) is 3.71. The highest BCUT2D eigenvalue weighted by atomic mass is 35.5. The second kappa shape index (κ2) is 8.89. The maximum Gasteiger partial charge on any atom is 0.161 e. The standard InChI is InChI=1S/C23H28N2O2.ClH/c1-4-18-19-13-16(15-9-11-24-12-10-15)5-7-20(19)25-23(18)17-6-8-21(26-2)22(14-17)27-3;/h5-8,13-15,24-25H,4,9-12H2,1-3H3;1H. The lowest BCUT2D eigenvalue weighted by Gasteiger charge is -2.23. The summed E-state index contributed by atoms with van der Waals surface area (Å²) in [6.45, 7) is 4.46. The molecule has 150 valence electrons. The summed E-state index contributed by atoms with van der Waals surface area (Å²) in [5.41, 5.74) is 6.35. The van der Waals surface area contributed by atoms with Crippen LogP contribution < -0.4 is 14.8 Å². The molecule has 1 fully saturated rings. The van der Waals surface area contributed by atoms with Crippen LogP contribution in [-0.4, -0.2) is 32.3 Å². The highest BCUT2D eigenvalue weighted by molar-refractivity contribution is 5.91. The Morgan fingerprint density at radius 1 is 0.964 bits per heavy atom. The monoisotopic (exact) mass is 400 g/mol. The van der Waals surface area contributed by atoms with Crippen molar-refractivity contribution in [3.05, 3.63) is 47.5 Å². The average molecular weight is 401 g/mol. The number of hydrogen-bond acceptors (Lipinski definition) is 3. The van der Waals surface area contributed by atoms with Gasteiger partial charge in [-0.15, -0.1) is 12.4 Å². The van der Waals surface area contributed by atoms with Crippen LogP contribution in [0.15, 0.2) is 36.4 Å². The van der Waals surface area contributed by atoms with Crippen LogP contribution in [0.5, 0.6) is 11.5 Å². The third-order valence-corrected chi connectivity index (χ3v) is 5.77. The van der Waals surface area contributed by atoms with E-state index in [0.717, 1.165) is 36.6 Å². The lowest BCUT2D eigenvalue weighted by molar-refractivity contribution is 0.355. The van der Waals surface area contributed by atoms with Crippen molar-refractivity contribution in [3.8, 4) is 22.8 Å². The number of piperidine rings is 1. The van der Waals surface area contributed by atoms with Crippen molar-refractivity contribution in [3.63, 3.8) is 0 Å². The van der Waals surface area contributed by atoms with Crippen LogP contribution in [0.1, 0.15) is 36.8 Å². The summed E-state index contributed by atoms with van der Waals surface area (Å²) < 4.78 is 10.9. The van der Waals surface area contributed by atoms with Crippen LogP contribution in [-0.2, 0) is 6.42 Å². The molecule has 2 heterocycles. The summed E-state index contributed by atoms with van der Waals surface area (Å²) in [7, 11) is 3.35. The second-order valence-electron chi connectivity index (χ2n) is 7.23. The third-order valence-electron chi connectivity index (χ3n) is 5.77. The Kier molecular flexibility index (Phi) is 6.53. The quantitative estimate of drug-likeness (QED) is 0.610. The molecule has 5 heteroatoms. The van der Waals surface area contributed by atoms with Crippen LogP contribution in [0.4, 0.5) is 0 Å². The van der Waals surface area contributed by atoms with Crippen LogP contribution in [0.25, 0.3) is 22.2 Å². The minimum Gasteiger partial charge on any atom is -0.493 e. The SMILES string of the molecule is CCc1c(-c2ccc(OC)c(OC)c2)[nH]c2ccc(C3CCNCC3)cc12.Cl. The first-order chi connectivity index (χ1) is 13.2. The van der Waals surface area contributed by atoms with E-state index in [2.05, 4.69) is 47.6 Å². The van der Waals surface area contributed by atoms with Crippen molar-refractivity contribution in [2.45, 2.75) is 32.1 Å². The summed E-state index contributed by atoms with van der Waals surface area (Å²) in [6, 6.07) is 13.1. The number of fused-ring (bicyclic) bond motifs is 1. The molecule has 1 aliphatic heterocycles. The molecule has 1 aromatic heterocycles. The van der Waals surface area contributed by atoms with E-state index < -0.39 is 0 Å². The Morgan fingerprint density at radius 2 is 1.71 bits per heavy atom. The fourth-order valence-electron chi connectivity index (χ4n) is 4.28. The van der Waals surface area contributed by atoms with Crippen LogP contribution in [0, 0.1) is 0 Å². The van der Waals surface area contributed by atoms with E-state index in [1.807, 2.05) is 6.07 Å². The first kappa shape index (κ1) is 20.6. The molecule has 0 atom stereocenters. The van der Waals surface area contributed by atoms with Crippen molar-refractivity contribution in [2.75, 3.05) is 27.3 Å². The molecule has 0 radical (unpaired) electrons. The van der Waals surface area contributed by atoms with Crippen molar-refractivity contribution < 1.29 is 9.47 Å². The molecule has 4 nitrogen and oxygen atoms in total. The van der Waals surface area contributed by atoms with Gasteiger partial charge in [-0.3, -0.25) is 0 Å². The zero-order chi connectivity index (χ0) is 18.8. The first-order valence-corrected chi connectivity index (χ1v) is 9.82. The first-order valence-electron chi connectivity index (χ1n) is 9.82. The van der Waals surface area contributed by atoms with Gasteiger partial charge in [-0.2, -0.15) is 0 Å². The maximum atomic E-state index is 5.50. The topological polar surface area (TPSA) is 46.3 Å². The number of methoxy groups -OCH3 is 2. The molecule has 0 saturated carbocycles. The van der Waals surface area contributed by atoms with Gasteiger partial charge in [0.25, 0.3) is 0 Å². The van der Waals surface area contributed by atoms with Gasteiger partial charge in [0.1, 0.15) is 0 Å². The Hall–Kier alpha value is -2.17. The van der Waals surface area contributed by atoms with Gasteiger partial charge < -0.3 is 19.8 Å². The Balaban J connectivity index is 0.00000225. The Bertz CT molecular complexity index is 945. The van der Waals surface area contributed by atoms with Gasteiger partial charge in [-0.1, -0.05) is 13.0 Å². The summed E-state index contributed by atoms with van der Waals surface area (Å²) in [5.74, 6) is 2.18. The number of hydrogen-bond donors (Lipinski definition) is 2. The number of ether oxygens (including phenoxy) is 2. The molecule has 4 rings (SSSR count). The lowest BCUT2D eigenvalue weighted by atomic mass is 9.89. The normalized spacial score (nSPS) is 14.7. The summed E-state index contributed by atoms with van der Waals surface area (Å²) in [4.78, 5) is 3.64. The van der Waals surface area contributed by atoms with Gasteiger partial charge in [0.15, 0.2) is 11.5 Å². The van der Waals surface area contributed by atoms with Gasteiger partial charge in [0.2, 0.25) is 0 Å². The molecule has 2 N–H and O–H groups in total. The van der Waals surface area contributed by atoms with E-state index in [1.54, 1.807) is 14.2 Å². The number of aromatic amines is 1. The van der Waals surface area contributed by atoms with E-state index >= 15 is 0 Å². The van der Waals surface area contributed by atoms with E-state index in [9.17, 15) is 0 Å². The molecule has 1 saturated heterocycles. The molecule has 0 bridgehead atoms. The molecular formula is C23H29ClN2O2. The molecule has 28 heavy (non-hydrogen) atoms. The number of nitrogens with one attached hydrogen (secondary N) is 2. The van der Waals surface area contributed by atoms with E-state index in [0.29, 0.717) is 5.92 Å². The molecular weight excluding hydrogens is 372 g/mol. The number of aryl methyl sites for hydroxylation is 1. The smallest absolute Gasteiger partial charge is 0.161 e. The van der Waals surface area contributed by atoms with Crippen LogP contribution in [0.3, 0.4) is 0 Å². The number of aromatic nitrogens is 1. The minimum absolute atomic E-state index is 0. The predicted molar refractivity (Wildman–Crippen MR) is 118 cm³/mol. The van der Waals surface area contributed by atoms with E-state index in [-0.39, 0.29) is 12.4 Å². The van der Waals surface area contributed by atoms with Crippen molar-refractivity contribution >= 4 is 23.3 Å². The van der Waals surface area contributed by atoms with Crippen LogP contribution >= 0.6 is 12.4 Å². The van der Waals surface area contributed by atoms with Crippen LogP contribution in [0.2, 0.25) is 0 Å². The number of H-pyrrole nitrogens is 1. The predicted octanol–water partition coefficient (Wildman–Crippen LogP) is 5.30. The number of halogens is 1. The molecule has 0 unspecified atom stereocenters. The van der Waals surface area contributed by atoms with Gasteiger partial charge in [-0.25, -0.2) is 0 Å². The van der Waals surface area contributed by atoms with Crippen molar-refractivity contribution in [1.29, 1.82) is 0 Å². The van der Waals surface area contributed by atoms with Crippen molar-refractivity contribution in [2.24, 2.45) is 0 Å². The molecule has 2 aromatic carbocycles. The summed E-state index contributed by atoms with van der Waals surface area (Å²) in [6.07, 6.45) is 3.43. The second-order valence-corrected chi connectivity index (χ2v) is 7.23. The zero-order valence-electron chi connectivity index (χ0n) is 16.8. The van der Waals surface area contributed by atoms with Gasteiger partial charge in [0, 0.05) is 22.2 Å². The van der Waals surface area contributed by atoms with Gasteiger partial charge in [0.05, 0.1) is 14.2 Å². The fraction of sp³-hybridized carbons (Fsp3) is 0.391. The van der Waals surface area contributed by atoms with Crippen molar-refractivity contribution in [1.82, 2.24) is 10.3 Å². The minimum atomic E-state index is 0. The summed E-state index contributed by atoms with van der Waals surface area (Å²) in [5, 5.41) is 4.81. The molecule has 0 aliphatic carbocycles. The highest BCUT2D eigenvalue weighted by Gasteiger charge is 2.18. The fourth-order valence-corrected chi connectivity index (χ4v) is 4.28. The molecule has 3 aromatic rings. The molecule has 1 aliphatic rings. The number of rotatable bonds is 5. The lowest BCUT2D eigenvalue weighted by Crippen LogP contribution is -2.26. The Labute approximate surface area is 173 Å². The number of benzene rings is 2. The Morgan fingerprint density at radius 3 is 2.39 bits per heavy atom. The summed E-state index contributed by atoms with van der Waals surface area (Å²) >= 11 is 0. The largest absolute Gasteiger partial charge is 0.493 e. The maximum absolute atomic E-state index is 5.50. The molecule has 0 spiro atoms. The molecule has 0 amide bonds.